The van der Waals surface area contributed by atoms with Gasteiger partial charge in [0.05, 0.1) is 17.8 Å². The van der Waals surface area contributed by atoms with E-state index in [9.17, 15) is 4.79 Å². The van der Waals surface area contributed by atoms with Crippen molar-refractivity contribution in [2.75, 3.05) is 13.1 Å². The third-order valence-corrected chi connectivity index (χ3v) is 6.91. The number of nitrogens with zero attached hydrogens (tertiary/aromatic N) is 4. The molecule has 2 heterocycles. The molecule has 7 nitrogen and oxygen atoms in total. The molecule has 0 saturated heterocycles. The Morgan fingerprint density at radius 1 is 0.921 bits per heavy atom. The van der Waals surface area contributed by atoms with Crippen molar-refractivity contribution in [2.45, 2.75) is 39.8 Å². The number of nitrogens with one attached hydrogen (secondary N) is 2. The molecule has 8 heteroatoms. The number of benzene rings is 3. The SMILES string of the molecule is CCNCc1ccc(-c2ccc3c(c2)C(c2ccc(Cl)cc2)=N[C@@H](CC(=O)NCC)c2nnc(C)n2-3)cc1. The van der Waals surface area contributed by atoms with E-state index in [0.29, 0.717) is 17.4 Å². The summed E-state index contributed by atoms with van der Waals surface area (Å²) in [6, 6.07) is 22.2. The molecule has 1 aromatic heterocycles. The van der Waals surface area contributed by atoms with Crippen molar-refractivity contribution in [3.8, 4) is 16.8 Å². The van der Waals surface area contributed by atoms with Gasteiger partial charge < -0.3 is 10.6 Å². The van der Waals surface area contributed by atoms with Crippen LogP contribution in [0.5, 0.6) is 0 Å². The Hall–Kier alpha value is -3.81. The normalized spacial score (nSPS) is 14.3. The summed E-state index contributed by atoms with van der Waals surface area (Å²) in [5, 5.41) is 15.7. The quantitative estimate of drug-likeness (QED) is 0.321. The van der Waals surface area contributed by atoms with E-state index in [1.54, 1.807) is 0 Å². The molecule has 0 saturated carbocycles. The van der Waals surface area contributed by atoms with Gasteiger partial charge in [0.25, 0.3) is 0 Å². The van der Waals surface area contributed by atoms with E-state index >= 15 is 0 Å². The summed E-state index contributed by atoms with van der Waals surface area (Å²) in [6.07, 6.45) is 0.178. The number of rotatable bonds is 8. The van der Waals surface area contributed by atoms with Gasteiger partial charge in [-0.05, 0) is 61.3 Å². The average molecular weight is 527 g/mol. The van der Waals surface area contributed by atoms with E-state index in [4.69, 9.17) is 16.6 Å². The fraction of sp³-hybridized carbons (Fsp3) is 0.267. The van der Waals surface area contributed by atoms with E-state index in [1.807, 2.05) is 42.7 Å². The van der Waals surface area contributed by atoms with Crippen molar-refractivity contribution in [1.82, 2.24) is 25.4 Å². The maximum atomic E-state index is 12.7. The number of halogens is 1. The molecule has 194 valence electrons. The van der Waals surface area contributed by atoms with Crippen LogP contribution in [0.1, 0.15) is 54.6 Å². The van der Waals surface area contributed by atoms with E-state index in [1.165, 1.54) is 5.56 Å². The second-order valence-electron chi connectivity index (χ2n) is 9.31. The molecule has 0 bridgehead atoms. The van der Waals surface area contributed by atoms with E-state index < -0.39 is 6.04 Å². The number of aryl methyl sites for hydroxylation is 1. The minimum Gasteiger partial charge on any atom is -0.356 e. The van der Waals surface area contributed by atoms with Crippen molar-refractivity contribution in [3.63, 3.8) is 0 Å². The van der Waals surface area contributed by atoms with Gasteiger partial charge >= 0.3 is 0 Å². The number of amides is 1. The Kier molecular flexibility index (Phi) is 7.67. The first-order chi connectivity index (χ1) is 18.5. The fourth-order valence-corrected chi connectivity index (χ4v) is 4.91. The van der Waals surface area contributed by atoms with Crippen LogP contribution >= 0.6 is 11.6 Å². The van der Waals surface area contributed by atoms with Crippen LogP contribution in [0.25, 0.3) is 16.8 Å². The van der Waals surface area contributed by atoms with Crippen molar-refractivity contribution in [1.29, 1.82) is 0 Å². The molecule has 1 atom stereocenters. The first-order valence-electron chi connectivity index (χ1n) is 13.0. The summed E-state index contributed by atoms with van der Waals surface area (Å²) in [6.45, 7) is 8.27. The van der Waals surface area contributed by atoms with Crippen molar-refractivity contribution >= 4 is 23.2 Å². The maximum Gasteiger partial charge on any atom is 0.222 e. The first kappa shape index (κ1) is 25.8. The topological polar surface area (TPSA) is 84.2 Å². The van der Waals surface area contributed by atoms with Gasteiger partial charge in [0, 0.05) is 29.2 Å². The molecule has 0 radical (unpaired) electrons. The highest BCUT2D eigenvalue weighted by molar-refractivity contribution is 6.30. The number of carbonyl (C=O) groups excluding carboxylic acids is 1. The number of aliphatic imine (C=N–C) groups is 1. The molecule has 5 rings (SSSR count). The van der Waals surface area contributed by atoms with Gasteiger partial charge in [0.1, 0.15) is 11.9 Å². The van der Waals surface area contributed by atoms with Gasteiger partial charge in [-0.1, -0.05) is 61.0 Å². The lowest BCUT2D eigenvalue weighted by molar-refractivity contribution is -0.121. The van der Waals surface area contributed by atoms with Crippen LogP contribution in [-0.4, -0.2) is 39.5 Å². The molecule has 0 fully saturated rings. The van der Waals surface area contributed by atoms with E-state index in [-0.39, 0.29) is 12.3 Å². The van der Waals surface area contributed by atoms with Crippen LogP contribution in [0.2, 0.25) is 5.02 Å². The lowest BCUT2D eigenvalue weighted by Gasteiger charge is -2.15. The number of aromatic nitrogens is 3. The molecular weight excluding hydrogens is 496 g/mol. The van der Waals surface area contributed by atoms with Gasteiger partial charge in [0.15, 0.2) is 5.82 Å². The van der Waals surface area contributed by atoms with Gasteiger partial charge in [-0.15, -0.1) is 10.2 Å². The van der Waals surface area contributed by atoms with Crippen molar-refractivity contribution in [3.05, 3.63) is 100 Å². The largest absolute Gasteiger partial charge is 0.356 e. The fourth-order valence-electron chi connectivity index (χ4n) is 4.78. The van der Waals surface area contributed by atoms with Crippen LogP contribution < -0.4 is 10.6 Å². The highest BCUT2D eigenvalue weighted by atomic mass is 35.5. The Labute approximate surface area is 228 Å². The Bertz CT molecular complexity index is 1470. The molecule has 1 amide bonds. The summed E-state index contributed by atoms with van der Waals surface area (Å²) in [5.74, 6) is 1.32. The van der Waals surface area contributed by atoms with E-state index in [0.717, 1.165) is 52.6 Å². The highest BCUT2D eigenvalue weighted by Gasteiger charge is 2.29. The minimum absolute atomic E-state index is 0.0757. The van der Waals surface area contributed by atoms with Crippen LogP contribution in [0.4, 0.5) is 0 Å². The molecule has 38 heavy (non-hydrogen) atoms. The summed E-state index contributed by atoms with van der Waals surface area (Å²) in [7, 11) is 0. The third-order valence-electron chi connectivity index (χ3n) is 6.66. The molecule has 0 spiro atoms. The van der Waals surface area contributed by atoms with Gasteiger partial charge in [-0.3, -0.25) is 14.4 Å². The monoisotopic (exact) mass is 526 g/mol. The number of carbonyl (C=O) groups is 1. The lowest BCUT2D eigenvalue weighted by atomic mass is 9.95. The Morgan fingerprint density at radius 3 is 2.34 bits per heavy atom. The molecule has 1 aliphatic heterocycles. The molecule has 4 aromatic rings. The lowest BCUT2D eigenvalue weighted by Crippen LogP contribution is -2.25. The summed E-state index contributed by atoms with van der Waals surface area (Å²) < 4.78 is 2.02. The summed E-state index contributed by atoms with van der Waals surface area (Å²) >= 11 is 6.22. The number of hydrogen-bond acceptors (Lipinski definition) is 5. The van der Waals surface area contributed by atoms with Crippen molar-refractivity contribution < 1.29 is 4.79 Å². The Balaban J connectivity index is 1.66. The standard InChI is InChI=1S/C30H31ClN6O/c1-4-32-18-20-6-8-21(9-7-20)23-12-15-27-25(16-23)29(22-10-13-24(31)14-11-22)34-26(17-28(38)33-5-2)30-36-35-19(3)37(27)30/h6-16,26,32H,4-5,17-18H2,1-3H3,(H,33,38)/t26-/m0/s1. The number of fused-ring (bicyclic) bond motifs is 3. The third kappa shape index (κ3) is 5.26. The van der Waals surface area contributed by atoms with Gasteiger partial charge in [-0.25, -0.2) is 0 Å². The highest BCUT2D eigenvalue weighted by Crippen LogP contribution is 2.35. The molecule has 2 N–H and O–H groups in total. The smallest absolute Gasteiger partial charge is 0.222 e. The van der Waals surface area contributed by atoms with Crippen LogP contribution in [0, 0.1) is 6.92 Å². The minimum atomic E-state index is -0.491. The van der Waals surface area contributed by atoms with E-state index in [2.05, 4.69) is 70.2 Å². The zero-order valence-corrected chi connectivity index (χ0v) is 22.6. The average Bonchev–Trinajstić information content (AvgIpc) is 3.25. The molecule has 1 aliphatic rings. The molecule has 3 aromatic carbocycles. The predicted molar refractivity (Wildman–Crippen MR) is 152 cm³/mol. The second-order valence-corrected chi connectivity index (χ2v) is 9.74. The predicted octanol–water partition coefficient (Wildman–Crippen LogP) is 5.42. The summed E-state index contributed by atoms with van der Waals surface area (Å²) in [4.78, 5) is 17.8. The molecule has 0 aliphatic carbocycles. The van der Waals surface area contributed by atoms with Crippen LogP contribution in [-0.2, 0) is 11.3 Å². The maximum absolute atomic E-state index is 12.7. The summed E-state index contributed by atoms with van der Waals surface area (Å²) in [5.41, 5.74) is 7.03. The van der Waals surface area contributed by atoms with Gasteiger partial charge in [-0.2, -0.15) is 0 Å². The molecular formula is C30H31ClN6O. The number of hydrogen-bond donors (Lipinski definition) is 2. The van der Waals surface area contributed by atoms with Gasteiger partial charge in [0.2, 0.25) is 5.91 Å². The van der Waals surface area contributed by atoms with Crippen LogP contribution in [0.15, 0.2) is 71.7 Å². The van der Waals surface area contributed by atoms with Crippen LogP contribution in [0.3, 0.4) is 0 Å². The zero-order chi connectivity index (χ0) is 26.6. The second kappa shape index (κ2) is 11.3. The zero-order valence-electron chi connectivity index (χ0n) is 21.8. The van der Waals surface area contributed by atoms with Crippen molar-refractivity contribution in [2.24, 2.45) is 4.99 Å². The first-order valence-corrected chi connectivity index (χ1v) is 13.3. The Morgan fingerprint density at radius 2 is 1.63 bits per heavy atom. The molecule has 0 unspecified atom stereocenters.